The second-order valence-corrected chi connectivity index (χ2v) is 24.8. The van der Waals surface area contributed by atoms with E-state index in [9.17, 15) is 19.5 Å². The van der Waals surface area contributed by atoms with Gasteiger partial charge in [0, 0.05) is 12.8 Å². The van der Waals surface area contributed by atoms with E-state index < -0.39 is 18.4 Å². The molecule has 0 aromatic rings. The first-order valence-corrected chi connectivity index (χ1v) is 34.4. The lowest BCUT2D eigenvalue weighted by Crippen LogP contribution is -2.40. The van der Waals surface area contributed by atoms with Crippen LogP contribution < -0.4 is 0 Å². The van der Waals surface area contributed by atoms with Crippen LogP contribution in [0.15, 0.2) is 12.2 Å². The number of carboxylic acids is 1. The molecule has 0 saturated carbocycles. The molecule has 0 aliphatic heterocycles. The van der Waals surface area contributed by atoms with Crippen LogP contribution in [0.2, 0.25) is 0 Å². The summed E-state index contributed by atoms with van der Waals surface area (Å²) in [6, 6.07) is 0. The summed E-state index contributed by atoms with van der Waals surface area (Å²) >= 11 is 0. The molecule has 0 aromatic carbocycles. The summed E-state index contributed by atoms with van der Waals surface area (Å²) in [4.78, 5) is 37.6. The zero-order valence-electron chi connectivity index (χ0n) is 52.9. The van der Waals surface area contributed by atoms with Crippen molar-refractivity contribution in [3.63, 3.8) is 0 Å². The molecule has 2 unspecified atom stereocenters. The number of carboxylic acid groups (broad SMARTS) is 1. The molecule has 0 aliphatic rings. The molecular weight excluding hydrogens is 971 g/mol. The van der Waals surface area contributed by atoms with Gasteiger partial charge in [-0.3, -0.25) is 9.59 Å². The van der Waals surface area contributed by atoms with Gasteiger partial charge in [0.15, 0.2) is 6.10 Å². The Morgan fingerprint density at radius 1 is 0.372 bits per heavy atom. The van der Waals surface area contributed by atoms with Crippen molar-refractivity contribution >= 4 is 17.9 Å². The van der Waals surface area contributed by atoms with Crippen LogP contribution in [0.1, 0.15) is 354 Å². The topological polar surface area (TPSA) is 108 Å². The number of quaternary nitrogens is 1. The van der Waals surface area contributed by atoms with E-state index in [2.05, 4.69) is 26.0 Å². The van der Waals surface area contributed by atoms with Crippen LogP contribution in [-0.2, 0) is 33.3 Å². The van der Waals surface area contributed by atoms with Gasteiger partial charge in [-0.05, 0) is 38.5 Å². The summed E-state index contributed by atoms with van der Waals surface area (Å²) in [7, 11) is 5.99. The molecule has 9 nitrogen and oxygen atoms in total. The third kappa shape index (κ3) is 61.6. The van der Waals surface area contributed by atoms with Crippen LogP contribution in [0.3, 0.4) is 0 Å². The number of aliphatic carboxylic acids is 1. The first-order valence-electron chi connectivity index (χ1n) is 34.4. The van der Waals surface area contributed by atoms with Gasteiger partial charge in [-0.2, -0.15) is 0 Å². The number of ether oxygens (including phenoxy) is 4. The summed E-state index contributed by atoms with van der Waals surface area (Å²) in [6.45, 7) is 4.96. The molecule has 462 valence electrons. The van der Waals surface area contributed by atoms with Crippen LogP contribution in [0.4, 0.5) is 0 Å². The molecular formula is C69H134NO8+. The van der Waals surface area contributed by atoms with Crippen molar-refractivity contribution in [2.45, 2.75) is 367 Å². The lowest BCUT2D eigenvalue weighted by atomic mass is 10.0. The maximum Gasteiger partial charge on any atom is 0.361 e. The lowest BCUT2D eigenvalue weighted by molar-refractivity contribution is -0.870. The van der Waals surface area contributed by atoms with Crippen molar-refractivity contribution < 1.29 is 42.9 Å². The number of likely N-dealkylation sites (N-methyl/N-ethyl adjacent to an activating group) is 1. The van der Waals surface area contributed by atoms with E-state index in [4.69, 9.17) is 18.9 Å². The number of carbonyl (C=O) groups is 3. The molecule has 2 atom stereocenters. The lowest BCUT2D eigenvalue weighted by Gasteiger charge is -2.25. The Kier molecular flexibility index (Phi) is 59.6. The molecule has 0 amide bonds. The van der Waals surface area contributed by atoms with Crippen molar-refractivity contribution in [1.82, 2.24) is 0 Å². The number of allylic oxidation sites excluding steroid dienone is 2. The van der Waals surface area contributed by atoms with Gasteiger partial charge in [0.25, 0.3) is 6.29 Å². The van der Waals surface area contributed by atoms with E-state index in [1.165, 1.54) is 289 Å². The average Bonchev–Trinajstić information content (AvgIpc) is 3.41. The van der Waals surface area contributed by atoms with Crippen molar-refractivity contribution in [2.75, 3.05) is 47.5 Å². The number of hydrogen-bond donors (Lipinski definition) is 1. The Bertz CT molecular complexity index is 1280. The highest BCUT2D eigenvalue weighted by Gasteiger charge is 2.25. The Morgan fingerprint density at radius 3 is 0.949 bits per heavy atom. The fourth-order valence-corrected chi connectivity index (χ4v) is 10.5. The second-order valence-electron chi connectivity index (χ2n) is 24.8. The number of esters is 2. The highest BCUT2D eigenvalue weighted by molar-refractivity contribution is 5.71. The van der Waals surface area contributed by atoms with E-state index in [0.717, 1.165) is 38.5 Å². The van der Waals surface area contributed by atoms with Gasteiger partial charge in [0.1, 0.15) is 13.2 Å². The smallest absolute Gasteiger partial charge is 0.361 e. The zero-order chi connectivity index (χ0) is 56.9. The molecule has 0 aromatic heterocycles. The summed E-state index contributed by atoms with van der Waals surface area (Å²) < 4.78 is 23.0. The second kappa shape index (κ2) is 61.1. The molecule has 0 saturated heterocycles. The normalized spacial score (nSPS) is 12.7. The highest BCUT2D eigenvalue weighted by Crippen LogP contribution is 2.19. The van der Waals surface area contributed by atoms with Crippen LogP contribution in [-0.4, -0.2) is 87.4 Å². The predicted octanol–water partition coefficient (Wildman–Crippen LogP) is 20.9. The summed E-state index contributed by atoms with van der Waals surface area (Å²) in [5.74, 6) is -1.97. The maximum atomic E-state index is 12.9. The molecule has 0 rings (SSSR count). The maximum absolute atomic E-state index is 12.9. The number of carbonyl (C=O) groups excluding carboxylic acids is 2. The minimum atomic E-state index is -1.51. The average molecular weight is 1110 g/mol. The van der Waals surface area contributed by atoms with E-state index in [0.29, 0.717) is 17.4 Å². The fraction of sp³-hybridized carbons (Fsp3) is 0.928. The standard InChI is InChI=1S/C69H133NO8/c1-6-8-10-12-14-16-18-20-22-24-26-28-30-32-34-36-38-40-42-44-46-48-50-52-54-56-58-60-67(72)78-65(64-77-69(68(73)74)75-62-61-70(3,4)5)63-76-66(71)59-57-55-53-51-49-47-45-43-41-39-37-35-33-31-29-27-25-23-21-19-17-15-13-11-9-7-2/h24,26,65,69H,6-23,25,27-64H2,1-5H3/p+1/b26-24-. The van der Waals surface area contributed by atoms with Crippen molar-refractivity contribution in [1.29, 1.82) is 0 Å². The monoisotopic (exact) mass is 1110 g/mol. The summed E-state index contributed by atoms with van der Waals surface area (Å²) in [5.41, 5.74) is 0. The van der Waals surface area contributed by atoms with Gasteiger partial charge in [-0.15, -0.1) is 0 Å². The molecule has 9 heteroatoms. The van der Waals surface area contributed by atoms with Gasteiger partial charge >= 0.3 is 17.9 Å². The van der Waals surface area contributed by atoms with Gasteiger partial charge in [-0.25, -0.2) is 4.79 Å². The molecule has 0 heterocycles. The molecule has 1 N–H and O–H groups in total. The molecule has 0 aliphatic carbocycles. The van der Waals surface area contributed by atoms with E-state index in [-0.39, 0.29) is 38.2 Å². The number of hydrogen-bond acceptors (Lipinski definition) is 7. The molecule has 0 bridgehead atoms. The van der Waals surface area contributed by atoms with Crippen molar-refractivity contribution in [3.8, 4) is 0 Å². The highest BCUT2D eigenvalue weighted by atomic mass is 16.7. The number of rotatable bonds is 65. The summed E-state index contributed by atoms with van der Waals surface area (Å²) in [5, 5.41) is 9.74. The molecule has 0 radical (unpaired) electrons. The van der Waals surface area contributed by atoms with Crippen LogP contribution in [0.5, 0.6) is 0 Å². The van der Waals surface area contributed by atoms with E-state index >= 15 is 0 Å². The van der Waals surface area contributed by atoms with Gasteiger partial charge < -0.3 is 28.5 Å². The van der Waals surface area contributed by atoms with Gasteiger partial charge in [-0.1, -0.05) is 315 Å². The zero-order valence-corrected chi connectivity index (χ0v) is 52.9. The Balaban J connectivity index is 4.08. The van der Waals surface area contributed by atoms with Gasteiger partial charge in [0.05, 0.1) is 34.4 Å². The Hall–Kier alpha value is -1.97. The van der Waals surface area contributed by atoms with Crippen LogP contribution in [0.25, 0.3) is 0 Å². The van der Waals surface area contributed by atoms with Crippen molar-refractivity contribution in [2.24, 2.45) is 0 Å². The quantitative estimate of drug-likeness (QED) is 0.0211. The predicted molar refractivity (Wildman–Crippen MR) is 332 cm³/mol. The summed E-state index contributed by atoms with van der Waals surface area (Å²) in [6.07, 6.45) is 70.4. The van der Waals surface area contributed by atoms with Crippen LogP contribution >= 0.6 is 0 Å². The number of unbranched alkanes of at least 4 members (excludes halogenated alkanes) is 48. The molecule has 78 heavy (non-hydrogen) atoms. The Labute approximate surface area is 485 Å². The SMILES string of the molecule is CCCCCCCCCC/C=C\CCCCCCCCCCCCCCCCCC(=O)OC(COC(=O)CCCCCCCCCCCCCCCCCCCCCCCCCCCC)COC(OCC[N+](C)(C)C)C(=O)O. The first-order chi connectivity index (χ1) is 38.1. The minimum Gasteiger partial charge on any atom is -0.477 e. The molecule has 0 spiro atoms. The number of nitrogens with zero attached hydrogens (tertiary/aromatic N) is 1. The van der Waals surface area contributed by atoms with Crippen LogP contribution in [0, 0.1) is 0 Å². The third-order valence-electron chi connectivity index (χ3n) is 15.8. The first kappa shape index (κ1) is 76.0. The van der Waals surface area contributed by atoms with E-state index in [1.54, 1.807) is 0 Å². The Morgan fingerprint density at radius 2 is 0.654 bits per heavy atom. The fourth-order valence-electron chi connectivity index (χ4n) is 10.5. The largest absolute Gasteiger partial charge is 0.477 e. The minimum absolute atomic E-state index is 0.174. The molecule has 0 fully saturated rings. The van der Waals surface area contributed by atoms with Gasteiger partial charge in [0.2, 0.25) is 0 Å². The van der Waals surface area contributed by atoms with Crippen molar-refractivity contribution in [3.05, 3.63) is 12.2 Å². The van der Waals surface area contributed by atoms with E-state index in [1.807, 2.05) is 21.1 Å². The third-order valence-corrected chi connectivity index (χ3v) is 15.8.